The summed E-state index contributed by atoms with van der Waals surface area (Å²) in [6.07, 6.45) is 6.13. The van der Waals surface area contributed by atoms with E-state index in [2.05, 4.69) is 68.6 Å². The summed E-state index contributed by atoms with van der Waals surface area (Å²) in [5.74, 6) is 0.598. The fraction of sp³-hybridized carbons (Fsp3) is 0.333. The van der Waals surface area contributed by atoms with Crippen molar-refractivity contribution in [2.75, 3.05) is 37.6 Å². The van der Waals surface area contributed by atoms with E-state index in [-0.39, 0.29) is 17.8 Å². The van der Waals surface area contributed by atoms with E-state index in [0.29, 0.717) is 16.0 Å². The van der Waals surface area contributed by atoms with Crippen LogP contribution in [0.1, 0.15) is 29.9 Å². The Labute approximate surface area is 233 Å². The maximum Gasteiger partial charge on any atom is 0.307 e. The van der Waals surface area contributed by atoms with Gasteiger partial charge in [-0.25, -0.2) is 4.98 Å². The highest BCUT2D eigenvalue weighted by Gasteiger charge is 2.31. The number of fused-ring (bicyclic) bond motifs is 1. The minimum absolute atomic E-state index is 0.140. The molecule has 3 aromatic carbocycles. The Balaban J connectivity index is 0.000000244. The highest BCUT2D eigenvalue weighted by atomic mass is 35.5. The number of nitrogens with one attached hydrogen (secondary N) is 1. The molecule has 6 nitrogen and oxygen atoms in total. The van der Waals surface area contributed by atoms with Crippen LogP contribution in [0.4, 0.5) is 5.69 Å². The number of carbonyl (C=O) groups excluding carboxylic acids is 1. The van der Waals surface area contributed by atoms with Gasteiger partial charge in [-0.05, 0) is 54.6 Å². The van der Waals surface area contributed by atoms with Gasteiger partial charge in [0.25, 0.3) is 5.89 Å². The van der Waals surface area contributed by atoms with Crippen LogP contribution in [0.2, 0.25) is 10.0 Å². The summed E-state index contributed by atoms with van der Waals surface area (Å²) >= 11 is 12.5. The van der Waals surface area contributed by atoms with Gasteiger partial charge in [-0.1, -0.05) is 77.8 Å². The van der Waals surface area contributed by atoms with Gasteiger partial charge in [-0.15, -0.1) is 0 Å². The van der Waals surface area contributed by atoms with Crippen LogP contribution in [0, 0.1) is 5.92 Å². The number of piperazine rings is 1. The molecule has 1 aliphatic carbocycles. The molecule has 1 aromatic heterocycles. The van der Waals surface area contributed by atoms with Gasteiger partial charge in [0.15, 0.2) is 0 Å². The Kier molecular flexibility index (Phi) is 8.84. The van der Waals surface area contributed by atoms with E-state index in [1.54, 1.807) is 0 Å². The van der Waals surface area contributed by atoms with Crippen LogP contribution in [0.15, 0.2) is 83.6 Å². The summed E-state index contributed by atoms with van der Waals surface area (Å²) in [5, 5.41) is 6.85. The van der Waals surface area contributed by atoms with Gasteiger partial charge in [-0.2, -0.15) is 0 Å². The second kappa shape index (κ2) is 12.7. The average molecular weight is 552 g/mol. The highest BCUT2D eigenvalue weighted by molar-refractivity contribution is 6.43. The summed E-state index contributed by atoms with van der Waals surface area (Å²) in [6, 6.07) is 22.8. The fourth-order valence-electron chi connectivity index (χ4n) is 5.12. The van der Waals surface area contributed by atoms with E-state index >= 15 is 0 Å². The predicted molar refractivity (Wildman–Crippen MR) is 154 cm³/mol. The number of amides is 1. The molecule has 1 N–H and O–H groups in total. The minimum Gasteiger partial charge on any atom is -0.441 e. The molecule has 1 saturated carbocycles. The van der Waals surface area contributed by atoms with Gasteiger partial charge in [0.1, 0.15) is 6.26 Å². The molecule has 6 rings (SSSR count). The summed E-state index contributed by atoms with van der Waals surface area (Å²) in [4.78, 5) is 20.6. The molecule has 1 amide bonds. The Morgan fingerprint density at radius 2 is 1.58 bits per heavy atom. The van der Waals surface area contributed by atoms with Crippen LogP contribution in [0.25, 0.3) is 10.8 Å². The standard InChI is InChI=1S/C20H24Cl2N4O2.C10H8/c21-16-2-1-3-17(18(16)22)26-9-7-25(8-10-26)6-4-14-12-15(13-14)24-19(27)20-23-5-11-28-20;1-2-6-10-8-4-3-7-9(10)5-1/h1-3,5,11,14-15H,4,6-10,12-13H2,(H,24,27);1-8H. The molecular weight excluding hydrogens is 519 g/mol. The van der Waals surface area contributed by atoms with E-state index in [9.17, 15) is 4.79 Å². The zero-order chi connectivity index (χ0) is 26.3. The summed E-state index contributed by atoms with van der Waals surface area (Å²) in [5.41, 5.74) is 1.03. The predicted octanol–water partition coefficient (Wildman–Crippen LogP) is 6.54. The molecule has 2 heterocycles. The van der Waals surface area contributed by atoms with Crippen molar-refractivity contribution in [3.63, 3.8) is 0 Å². The average Bonchev–Trinajstić information content (AvgIpc) is 3.48. The lowest BCUT2D eigenvalue weighted by molar-refractivity contribution is 0.0842. The molecular formula is C30H32Cl2N4O2. The maximum atomic E-state index is 11.9. The number of anilines is 1. The molecule has 1 aliphatic heterocycles. The largest absolute Gasteiger partial charge is 0.441 e. The third-order valence-corrected chi connectivity index (χ3v) is 8.16. The third kappa shape index (κ3) is 6.68. The molecule has 2 fully saturated rings. The third-order valence-electron chi connectivity index (χ3n) is 7.35. The lowest BCUT2D eigenvalue weighted by Gasteiger charge is -2.39. The first-order valence-electron chi connectivity index (χ1n) is 13.1. The van der Waals surface area contributed by atoms with Crippen LogP contribution >= 0.6 is 23.2 Å². The van der Waals surface area contributed by atoms with Gasteiger partial charge >= 0.3 is 5.91 Å². The van der Waals surface area contributed by atoms with E-state index < -0.39 is 0 Å². The zero-order valence-electron chi connectivity index (χ0n) is 21.2. The molecule has 38 heavy (non-hydrogen) atoms. The van der Waals surface area contributed by atoms with E-state index in [1.165, 1.54) is 29.7 Å². The Morgan fingerprint density at radius 1 is 0.921 bits per heavy atom. The molecule has 2 aliphatic rings. The number of benzene rings is 3. The minimum atomic E-state index is -0.218. The molecule has 198 valence electrons. The van der Waals surface area contributed by atoms with E-state index in [0.717, 1.165) is 51.3 Å². The lowest BCUT2D eigenvalue weighted by Crippen LogP contribution is -2.48. The Hall–Kier alpha value is -3.06. The second-order valence-corrected chi connectivity index (χ2v) is 10.7. The lowest BCUT2D eigenvalue weighted by atomic mass is 9.78. The number of aromatic nitrogens is 1. The fourth-order valence-corrected chi connectivity index (χ4v) is 5.53. The maximum absolute atomic E-state index is 11.9. The highest BCUT2D eigenvalue weighted by Crippen LogP contribution is 2.33. The summed E-state index contributed by atoms with van der Waals surface area (Å²) in [7, 11) is 0. The molecule has 0 unspecified atom stereocenters. The van der Waals surface area contributed by atoms with Crippen molar-refractivity contribution in [3.8, 4) is 0 Å². The quantitative estimate of drug-likeness (QED) is 0.295. The number of carbonyl (C=O) groups is 1. The first-order valence-corrected chi connectivity index (χ1v) is 13.9. The zero-order valence-corrected chi connectivity index (χ0v) is 22.7. The number of oxazole rings is 1. The number of hydrogen-bond acceptors (Lipinski definition) is 5. The van der Waals surface area contributed by atoms with Crippen molar-refractivity contribution in [1.82, 2.24) is 15.2 Å². The van der Waals surface area contributed by atoms with Crippen molar-refractivity contribution < 1.29 is 9.21 Å². The van der Waals surface area contributed by atoms with Crippen LogP contribution in [0.5, 0.6) is 0 Å². The van der Waals surface area contributed by atoms with Gasteiger partial charge in [0, 0.05) is 32.2 Å². The Bertz CT molecular complexity index is 1270. The number of rotatable bonds is 6. The first-order chi connectivity index (χ1) is 18.6. The van der Waals surface area contributed by atoms with Gasteiger partial charge < -0.3 is 14.6 Å². The van der Waals surface area contributed by atoms with Crippen molar-refractivity contribution in [3.05, 3.63) is 95.1 Å². The van der Waals surface area contributed by atoms with E-state index in [4.69, 9.17) is 27.6 Å². The summed E-state index contributed by atoms with van der Waals surface area (Å²) in [6.45, 7) is 5.07. The van der Waals surface area contributed by atoms with Gasteiger partial charge in [-0.3, -0.25) is 9.69 Å². The number of halogens is 2. The van der Waals surface area contributed by atoms with Crippen molar-refractivity contribution >= 4 is 45.6 Å². The van der Waals surface area contributed by atoms with Crippen LogP contribution in [-0.4, -0.2) is 54.6 Å². The Morgan fingerprint density at radius 3 is 2.18 bits per heavy atom. The van der Waals surface area contributed by atoms with Gasteiger partial charge in [0.2, 0.25) is 0 Å². The monoisotopic (exact) mass is 550 g/mol. The SMILES string of the molecule is O=C(NC1CC(CCN2CCN(c3cccc(Cl)c3Cl)CC2)C1)c1ncco1.c1ccc2ccccc2c1. The first kappa shape index (κ1) is 26.5. The molecule has 8 heteroatoms. The molecule has 4 aromatic rings. The van der Waals surface area contributed by atoms with Crippen molar-refractivity contribution in [1.29, 1.82) is 0 Å². The van der Waals surface area contributed by atoms with Crippen LogP contribution in [-0.2, 0) is 0 Å². The van der Waals surface area contributed by atoms with Crippen LogP contribution < -0.4 is 10.2 Å². The topological polar surface area (TPSA) is 61.6 Å². The van der Waals surface area contributed by atoms with Crippen molar-refractivity contribution in [2.45, 2.75) is 25.3 Å². The van der Waals surface area contributed by atoms with Crippen molar-refractivity contribution in [2.24, 2.45) is 5.92 Å². The smallest absolute Gasteiger partial charge is 0.307 e. The number of nitrogens with zero attached hydrogens (tertiary/aromatic N) is 3. The normalized spacial score (nSPS) is 19.4. The molecule has 1 saturated heterocycles. The second-order valence-electron chi connectivity index (χ2n) is 9.88. The number of hydrogen-bond donors (Lipinski definition) is 1. The molecule has 0 spiro atoms. The molecule has 0 bridgehead atoms. The molecule has 0 radical (unpaired) electrons. The summed E-state index contributed by atoms with van der Waals surface area (Å²) < 4.78 is 5.02. The molecule has 0 atom stereocenters. The van der Waals surface area contributed by atoms with Crippen LogP contribution in [0.3, 0.4) is 0 Å². The van der Waals surface area contributed by atoms with Gasteiger partial charge in [0.05, 0.1) is 21.9 Å². The van der Waals surface area contributed by atoms with E-state index in [1.807, 2.05) is 18.2 Å².